The summed E-state index contributed by atoms with van der Waals surface area (Å²) in [5.41, 5.74) is 2.67. The minimum absolute atomic E-state index is 0.0496. The van der Waals surface area contributed by atoms with E-state index in [2.05, 4.69) is 12.2 Å². The van der Waals surface area contributed by atoms with Gasteiger partial charge in [-0.2, -0.15) is 0 Å². The molecular weight excluding hydrogens is 364 g/mol. The van der Waals surface area contributed by atoms with Crippen molar-refractivity contribution in [3.63, 3.8) is 0 Å². The predicted molar refractivity (Wildman–Crippen MR) is 104 cm³/mol. The van der Waals surface area contributed by atoms with Gasteiger partial charge in [0.2, 0.25) is 15.9 Å². The molecule has 0 radical (unpaired) electrons. The van der Waals surface area contributed by atoms with E-state index in [0.717, 1.165) is 12.0 Å². The van der Waals surface area contributed by atoms with Crippen molar-refractivity contribution in [3.05, 3.63) is 65.2 Å². The van der Waals surface area contributed by atoms with Crippen LogP contribution in [0.5, 0.6) is 0 Å². The molecule has 0 bridgehead atoms. The van der Waals surface area contributed by atoms with E-state index in [9.17, 15) is 18.0 Å². The predicted octanol–water partition coefficient (Wildman–Crippen LogP) is 2.22. The van der Waals surface area contributed by atoms with Crippen molar-refractivity contribution in [3.8, 4) is 0 Å². The van der Waals surface area contributed by atoms with Gasteiger partial charge in [-0.25, -0.2) is 13.6 Å². The van der Waals surface area contributed by atoms with Crippen LogP contribution in [0.15, 0.2) is 53.4 Å². The molecule has 0 unspecified atom stereocenters. The molecule has 7 heteroatoms. The highest BCUT2D eigenvalue weighted by Gasteiger charge is 2.10. The van der Waals surface area contributed by atoms with E-state index in [1.165, 1.54) is 17.7 Å². The molecule has 0 saturated heterocycles. The van der Waals surface area contributed by atoms with E-state index in [1.54, 1.807) is 24.3 Å². The van der Waals surface area contributed by atoms with Crippen molar-refractivity contribution in [2.45, 2.75) is 37.5 Å². The van der Waals surface area contributed by atoms with Gasteiger partial charge in [0.15, 0.2) is 5.78 Å². The average Bonchev–Trinajstić information content (AvgIpc) is 2.66. The van der Waals surface area contributed by atoms with Gasteiger partial charge in [0.25, 0.3) is 0 Å². The standard InChI is InChI=1S/C20H24N2O4S/c1-2-15-3-7-17(8-4-15)19(23)11-12-20(24)22-14-13-16-5-9-18(10-6-16)27(21,25)26/h3-10H,2,11-14H2,1H3,(H,22,24)(H2,21,25,26). The summed E-state index contributed by atoms with van der Waals surface area (Å²) in [5.74, 6) is -0.235. The molecule has 0 aliphatic rings. The van der Waals surface area contributed by atoms with Crippen molar-refractivity contribution in [2.75, 3.05) is 6.54 Å². The zero-order valence-electron chi connectivity index (χ0n) is 15.3. The van der Waals surface area contributed by atoms with E-state index in [4.69, 9.17) is 5.14 Å². The lowest BCUT2D eigenvalue weighted by molar-refractivity contribution is -0.121. The van der Waals surface area contributed by atoms with E-state index in [1.807, 2.05) is 12.1 Å². The maximum Gasteiger partial charge on any atom is 0.238 e. The van der Waals surface area contributed by atoms with Crippen LogP contribution in [0.4, 0.5) is 0 Å². The SMILES string of the molecule is CCc1ccc(C(=O)CCC(=O)NCCc2ccc(S(N)(=O)=O)cc2)cc1. The summed E-state index contributed by atoms with van der Waals surface area (Å²) in [6.07, 6.45) is 1.78. The Bertz CT molecular complexity index is 889. The summed E-state index contributed by atoms with van der Waals surface area (Å²) in [6, 6.07) is 13.6. The summed E-state index contributed by atoms with van der Waals surface area (Å²) in [7, 11) is -3.70. The van der Waals surface area contributed by atoms with Crippen LogP contribution in [0.2, 0.25) is 0 Å². The van der Waals surface area contributed by atoms with Crippen molar-refractivity contribution >= 4 is 21.7 Å². The molecule has 2 aromatic carbocycles. The second-order valence-electron chi connectivity index (χ2n) is 6.26. The molecule has 0 atom stereocenters. The van der Waals surface area contributed by atoms with Gasteiger partial charge in [-0.15, -0.1) is 0 Å². The fourth-order valence-corrected chi connectivity index (χ4v) is 3.09. The summed E-state index contributed by atoms with van der Waals surface area (Å²) in [5, 5.41) is 7.82. The minimum Gasteiger partial charge on any atom is -0.356 e. The Kier molecular flexibility index (Phi) is 7.27. The number of Topliss-reactive ketones (excluding diaryl/α,β-unsaturated/α-hetero) is 1. The first-order valence-corrected chi connectivity index (χ1v) is 10.3. The molecule has 6 nitrogen and oxygen atoms in total. The third-order valence-electron chi connectivity index (χ3n) is 4.25. The Morgan fingerprint density at radius 3 is 2.07 bits per heavy atom. The summed E-state index contributed by atoms with van der Waals surface area (Å²) in [6.45, 7) is 2.46. The van der Waals surface area contributed by atoms with Gasteiger partial charge in [-0.3, -0.25) is 9.59 Å². The van der Waals surface area contributed by atoms with Crippen molar-refractivity contribution in [1.82, 2.24) is 5.32 Å². The Hall–Kier alpha value is -2.51. The molecule has 27 heavy (non-hydrogen) atoms. The molecule has 0 aliphatic carbocycles. The van der Waals surface area contributed by atoms with E-state index < -0.39 is 10.0 Å². The van der Waals surface area contributed by atoms with Crippen molar-refractivity contribution in [2.24, 2.45) is 5.14 Å². The fourth-order valence-electron chi connectivity index (χ4n) is 2.58. The number of sulfonamides is 1. The zero-order valence-corrected chi connectivity index (χ0v) is 16.1. The number of ketones is 1. The summed E-state index contributed by atoms with van der Waals surface area (Å²) < 4.78 is 22.4. The number of nitrogens with one attached hydrogen (secondary N) is 1. The van der Waals surface area contributed by atoms with Crippen LogP contribution in [-0.2, 0) is 27.7 Å². The third-order valence-corrected chi connectivity index (χ3v) is 5.18. The number of benzene rings is 2. The Balaban J connectivity index is 1.73. The van der Waals surface area contributed by atoms with Crippen LogP contribution in [0.3, 0.4) is 0 Å². The minimum atomic E-state index is -3.70. The molecule has 2 aromatic rings. The molecule has 0 aromatic heterocycles. The Labute approximate surface area is 159 Å². The van der Waals surface area contributed by atoms with Gasteiger partial charge in [0, 0.05) is 24.9 Å². The van der Waals surface area contributed by atoms with Gasteiger partial charge in [-0.05, 0) is 36.1 Å². The first kappa shape index (κ1) is 20.8. The van der Waals surface area contributed by atoms with Crippen LogP contribution >= 0.6 is 0 Å². The molecular formula is C20H24N2O4S. The average molecular weight is 388 g/mol. The quantitative estimate of drug-likeness (QED) is 0.642. The lowest BCUT2D eigenvalue weighted by Crippen LogP contribution is -2.26. The number of carbonyl (C=O) groups is 2. The largest absolute Gasteiger partial charge is 0.356 e. The number of hydrogen-bond donors (Lipinski definition) is 2. The second-order valence-corrected chi connectivity index (χ2v) is 7.82. The van der Waals surface area contributed by atoms with Gasteiger partial charge in [0.1, 0.15) is 0 Å². The monoisotopic (exact) mass is 388 g/mol. The van der Waals surface area contributed by atoms with Gasteiger partial charge < -0.3 is 5.32 Å². The number of carbonyl (C=O) groups excluding carboxylic acids is 2. The lowest BCUT2D eigenvalue weighted by atomic mass is 10.0. The number of amides is 1. The van der Waals surface area contributed by atoms with Gasteiger partial charge >= 0.3 is 0 Å². The van der Waals surface area contributed by atoms with Crippen LogP contribution in [0.25, 0.3) is 0 Å². The molecule has 0 saturated carbocycles. The molecule has 0 fully saturated rings. The third kappa shape index (κ3) is 6.62. The van der Waals surface area contributed by atoms with E-state index >= 15 is 0 Å². The second kappa shape index (κ2) is 9.43. The first-order valence-electron chi connectivity index (χ1n) is 8.80. The van der Waals surface area contributed by atoms with Crippen LogP contribution in [0, 0.1) is 0 Å². The molecule has 0 spiro atoms. The Morgan fingerprint density at radius 1 is 0.926 bits per heavy atom. The summed E-state index contributed by atoms with van der Waals surface area (Å²) in [4.78, 5) is 24.1. The molecule has 1 amide bonds. The maximum atomic E-state index is 12.1. The van der Waals surface area contributed by atoms with Gasteiger partial charge in [-0.1, -0.05) is 43.3 Å². The van der Waals surface area contributed by atoms with E-state index in [-0.39, 0.29) is 29.4 Å². The Morgan fingerprint density at radius 2 is 1.52 bits per heavy atom. The normalized spacial score (nSPS) is 11.2. The number of nitrogens with two attached hydrogens (primary N) is 1. The number of hydrogen-bond acceptors (Lipinski definition) is 4. The van der Waals surface area contributed by atoms with Crippen LogP contribution in [0.1, 0.15) is 41.3 Å². The molecule has 0 aliphatic heterocycles. The smallest absolute Gasteiger partial charge is 0.238 e. The number of primary sulfonamides is 1. The zero-order chi connectivity index (χ0) is 19.9. The molecule has 0 heterocycles. The highest BCUT2D eigenvalue weighted by atomic mass is 32.2. The molecule has 2 rings (SSSR count). The maximum absolute atomic E-state index is 12.1. The topological polar surface area (TPSA) is 106 Å². The van der Waals surface area contributed by atoms with Crippen LogP contribution in [-0.4, -0.2) is 26.7 Å². The lowest BCUT2D eigenvalue weighted by Gasteiger charge is -2.06. The molecule has 144 valence electrons. The van der Waals surface area contributed by atoms with Crippen molar-refractivity contribution < 1.29 is 18.0 Å². The molecule has 3 N–H and O–H groups in total. The van der Waals surface area contributed by atoms with Crippen molar-refractivity contribution in [1.29, 1.82) is 0 Å². The summed E-state index contributed by atoms with van der Waals surface area (Å²) >= 11 is 0. The highest BCUT2D eigenvalue weighted by molar-refractivity contribution is 7.89. The fraction of sp³-hybridized carbons (Fsp3) is 0.300. The number of aryl methyl sites for hydroxylation is 1. The first-order chi connectivity index (χ1) is 12.8. The number of rotatable bonds is 9. The van der Waals surface area contributed by atoms with E-state index in [0.29, 0.717) is 18.5 Å². The van der Waals surface area contributed by atoms with Gasteiger partial charge in [0.05, 0.1) is 4.90 Å². The van der Waals surface area contributed by atoms with Crippen LogP contribution < -0.4 is 10.5 Å². The highest BCUT2D eigenvalue weighted by Crippen LogP contribution is 2.10.